The van der Waals surface area contributed by atoms with Crippen molar-refractivity contribution in [1.82, 2.24) is 19.9 Å². The first-order valence-corrected chi connectivity index (χ1v) is 11.8. The molecule has 2 aliphatic rings. The molecule has 1 saturated heterocycles. The highest BCUT2D eigenvalue weighted by atomic mass is 32.1. The fourth-order valence-electron chi connectivity index (χ4n) is 4.61. The highest BCUT2D eigenvalue weighted by molar-refractivity contribution is 7.26. The number of thiophene rings is 1. The van der Waals surface area contributed by atoms with Crippen LogP contribution < -0.4 is 5.32 Å². The van der Waals surface area contributed by atoms with Crippen LogP contribution in [0.15, 0.2) is 6.33 Å². The molecule has 0 radical (unpaired) electrons. The zero-order chi connectivity index (χ0) is 19.6. The van der Waals surface area contributed by atoms with Gasteiger partial charge in [0, 0.05) is 37.3 Å². The van der Waals surface area contributed by atoms with Crippen LogP contribution in [0.25, 0.3) is 20.4 Å². The van der Waals surface area contributed by atoms with Crippen molar-refractivity contribution in [3.8, 4) is 0 Å². The molecule has 5 rings (SSSR count). The molecule has 0 amide bonds. The van der Waals surface area contributed by atoms with Gasteiger partial charge in [0.2, 0.25) is 0 Å². The molecule has 1 aliphatic carbocycles. The molecule has 1 aliphatic heterocycles. The second-order valence-corrected chi connectivity index (χ2v) is 9.03. The zero-order valence-electron chi connectivity index (χ0n) is 17.2. The van der Waals surface area contributed by atoms with Gasteiger partial charge in [-0.2, -0.15) is 0 Å². The van der Waals surface area contributed by atoms with Gasteiger partial charge in [0.15, 0.2) is 0 Å². The number of pyridine rings is 1. The largest absolute Gasteiger partial charge is 0.379 e. The van der Waals surface area contributed by atoms with Crippen molar-refractivity contribution in [2.75, 3.05) is 44.7 Å². The number of rotatable bonds is 7. The Bertz CT molecular complexity index is 1010. The van der Waals surface area contributed by atoms with Gasteiger partial charge in [-0.05, 0) is 43.2 Å². The predicted octanol–water partition coefficient (Wildman–Crippen LogP) is 3.81. The van der Waals surface area contributed by atoms with E-state index in [1.807, 2.05) is 0 Å². The second kappa shape index (κ2) is 8.50. The number of anilines is 1. The minimum absolute atomic E-state index is 0.839. The van der Waals surface area contributed by atoms with E-state index in [-0.39, 0.29) is 0 Å². The second-order valence-electron chi connectivity index (χ2n) is 8.04. The number of fused-ring (bicyclic) bond motifs is 5. The number of hydrogen-bond acceptors (Lipinski definition) is 7. The fraction of sp³-hybridized carbons (Fsp3) is 0.591. The van der Waals surface area contributed by atoms with Crippen LogP contribution in [0.1, 0.15) is 43.0 Å². The van der Waals surface area contributed by atoms with Crippen LogP contribution in [-0.4, -0.2) is 59.2 Å². The lowest BCUT2D eigenvalue weighted by Gasteiger charge is -2.26. The summed E-state index contributed by atoms with van der Waals surface area (Å²) in [6.07, 6.45) is 8.79. The Balaban J connectivity index is 1.46. The highest BCUT2D eigenvalue weighted by Gasteiger charge is 2.24. The SMILES string of the molecule is CCCCc1nc2sc3c(NCCN4CCOCC4)ncnc3c2c2c1CCC2. The maximum absolute atomic E-state index is 5.44. The number of aryl methyl sites for hydroxylation is 2. The van der Waals surface area contributed by atoms with Crippen molar-refractivity contribution in [2.24, 2.45) is 0 Å². The molecule has 0 aromatic carbocycles. The molecule has 0 unspecified atom stereocenters. The first-order valence-electron chi connectivity index (χ1n) is 11.0. The lowest BCUT2D eigenvalue weighted by atomic mass is 10.0. The number of nitrogens with zero attached hydrogens (tertiary/aromatic N) is 4. The van der Waals surface area contributed by atoms with E-state index < -0.39 is 0 Å². The first kappa shape index (κ1) is 19.2. The predicted molar refractivity (Wildman–Crippen MR) is 119 cm³/mol. The van der Waals surface area contributed by atoms with Gasteiger partial charge in [0.25, 0.3) is 0 Å². The number of morpholine rings is 1. The lowest BCUT2D eigenvalue weighted by Crippen LogP contribution is -2.39. The van der Waals surface area contributed by atoms with E-state index in [4.69, 9.17) is 9.72 Å². The van der Waals surface area contributed by atoms with E-state index in [2.05, 4.69) is 27.1 Å². The van der Waals surface area contributed by atoms with Crippen LogP contribution in [0.5, 0.6) is 0 Å². The number of unbranched alkanes of at least 4 members (excludes halogenated alkanes) is 1. The molecule has 4 heterocycles. The average molecular weight is 412 g/mol. The molecular weight excluding hydrogens is 382 g/mol. The van der Waals surface area contributed by atoms with Gasteiger partial charge >= 0.3 is 0 Å². The van der Waals surface area contributed by atoms with E-state index in [1.165, 1.54) is 47.9 Å². The zero-order valence-corrected chi connectivity index (χ0v) is 18.0. The lowest BCUT2D eigenvalue weighted by molar-refractivity contribution is 0.0398. The summed E-state index contributed by atoms with van der Waals surface area (Å²) >= 11 is 1.76. The molecule has 154 valence electrons. The molecule has 0 bridgehead atoms. The summed E-state index contributed by atoms with van der Waals surface area (Å²) in [6.45, 7) is 7.85. The van der Waals surface area contributed by atoms with Crippen molar-refractivity contribution in [2.45, 2.75) is 45.4 Å². The minimum Gasteiger partial charge on any atom is -0.379 e. The standard InChI is InChI=1S/C22H29N5OS/c1-2-3-7-17-15-5-4-6-16(15)18-19-20(29-22(18)26-17)21(25-14-24-19)23-8-9-27-10-12-28-13-11-27/h14H,2-13H2,1H3,(H,23,24,25). The third kappa shape index (κ3) is 3.71. The van der Waals surface area contributed by atoms with Crippen LogP contribution in [-0.2, 0) is 24.0 Å². The molecule has 1 N–H and O–H groups in total. The van der Waals surface area contributed by atoms with Crippen molar-refractivity contribution in [1.29, 1.82) is 0 Å². The minimum atomic E-state index is 0.839. The molecule has 29 heavy (non-hydrogen) atoms. The van der Waals surface area contributed by atoms with Gasteiger partial charge in [-0.1, -0.05) is 13.3 Å². The van der Waals surface area contributed by atoms with Crippen molar-refractivity contribution in [3.05, 3.63) is 23.1 Å². The van der Waals surface area contributed by atoms with Crippen LogP contribution >= 0.6 is 11.3 Å². The summed E-state index contributed by atoms with van der Waals surface area (Å²) in [5, 5.41) is 4.85. The summed E-state index contributed by atoms with van der Waals surface area (Å²) in [4.78, 5) is 18.0. The summed E-state index contributed by atoms with van der Waals surface area (Å²) < 4.78 is 6.59. The number of hydrogen-bond donors (Lipinski definition) is 1. The summed E-state index contributed by atoms with van der Waals surface area (Å²) in [5.74, 6) is 0.952. The van der Waals surface area contributed by atoms with E-state index >= 15 is 0 Å². The Hall–Kier alpha value is -1.83. The summed E-state index contributed by atoms with van der Waals surface area (Å²) in [5.41, 5.74) is 5.42. The molecule has 3 aromatic heterocycles. The van der Waals surface area contributed by atoms with Crippen molar-refractivity contribution < 1.29 is 4.74 Å². The molecule has 0 saturated carbocycles. The topological polar surface area (TPSA) is 63.2 Å². The Morgan fingerprint density at radius 3 is 2.90 bits per heavy atom. The monoisotopic (exact) mass is 411 g/mol. The van der Waals surface area contributed by atoms with Gasteiger partial charge in [0.1, 0.15) is 17.0 Å². The average Bonchev–Trinajstić information content (AvgIpc) is 3.37. The molecule has 6 nitrogen and oxygen atoms in total. The number of ether oxygens (including phenoxy) is 1. The van der Waals surface area contributed by atoms with Crippen molar-refractivity contribution >= 4 is 37.6 Å². The Morgan fingerprint density at radius 1 is 1.17 bits per heavy atom. The van der Waals surface area contributed by atoms with E-state index in [9.17, 15) is 0 Å². The van der Waals surface area contributed by atoms with Crippen LogP contribution in [0.4, 0.5) is 5.82 Å². The molecule has 3 aromatic rings. The Kier molecular flexibility index (Phi) is 5.61. The molecule has 0 spiro atoms. The fourth-order valence-corrected chi connectivity index (χ4v) is 5.75. The van der Waals surface area contributed by atoms with Crippen LogP contribution in [0, 0.1) is 0 Å². The van der Waals surface area contributed by atoms with E-state index in [0.29, 0.717) is 0 Å². The van der Waals surface area contributed by atoms with Crippen LogP contribution in [0.3, 0.4) is 0 Å². The van der Waals surface area contributed by atoms with Gasteiger partial charge in [0.05, 0.1) is 23.4 Å². The molecular formula is C22H29N5OS. The van der Waals surface area contributed by atoms with E-state index in [1.54, 1.807) is 17.7 Å². The van der Waals surface area contributed by atoms with Crippen molar-refractivity contribution in [3.63, 3.8) is 0 Å². The summed E-state index contributed by atoms with van der Waals surface area (Å²) in [6, 6.07) is 0. The Labute approximate surface area is 175 Å². The highest BCUT2D eigenvalue weighted by Crippen LogP contribution is 2.41. The van der Waals surface area contributed by atoms with Gasteiger partial charge in [-0.15, -0.1) is 11.3 Å². The van der Waals surface area contributed by atoms with Gasteiger partial charge in [-0.25, -0.2) is 15.0 Å². The van der Waals surface area contributed by atoms with Crippen LogP contribution in [0.2, 0.25) is 0 Å². The maximum Gasteiger partial charge on any atom is 0.147 e. The Morgan fingerprint density at radius 2 is 2.03 bits per heavy atom. The quantitative estimate of drug-likeness (QED) is 0.638. The third-order valence-electron chi connectivity index (χ3n) is 6.15. The maximum atomic E-state index is 5.44. The number of nitrogens with one attached hydrogen (secondary N) is 1. The third-order valence-corrected chi connectivity index (χ3v) is 7.23. The molecule has 7 heteroatoms. The summed E-state index contributed by atoms with van der Waals surface area (Å²) in [7, 11) is 0. The number of aromatic nitrogens is 3. The van der Waals surface area contributed by atoms with E-state index in [0.717, 1.165) is 73.1 Å². The normalized spacial score (nSPS) is 17.3. The van der Waals surface area contributed by atoms with Gasteiger partial charge < -0.3 is 10.1 Å². The molecule has 0 atom stereocenters. The van der Waals surface area contributed by atoms with Gasteiger partial charge in [-0.3, -0.25) is 4.90 Å². The first-order chi connectivity index (χ1) is 14.3. The smallest absolute Gasteiger partial charge is 0.147 e. The molecule has 1 fully saturated rings.